The van der Waals surface area contributed by atoms with Gasteiger partial charge >= 0.3 is 12.1 Å². The standard InChI is InChI=1S/C45H51N3O6/c1-45(2,3)54-44(51)47-39-25-35(26-39)28-46-42(49)37-19-17-33(18-20-37)30-52-40-16-10-15-38(27-40)41(36-13-8-5-9-14-36)43(50)53-31-34-21-23-48(24-22-34)29-32-11-6-4-7-12-32/h4-20,27-28,34-35,39,41H,21-26,29-31H2,1-3H3,(H,47,51)/b46-28+. The second kappa shape index (κ2) is 18.2. The van der Waals surface area contributed by atoms with Crippen LogP contribution in [0.25, 0.3) is 0 Å². The summed E-state index contributed by atoms with van der Waals surface area (Å²) in [5.74, 6) is -0.0449. The summed E-state index contributed by atoms with van der Waals surface area (Å²) in [6, 6.07) is 35.1. The molecule has 2 aliphatic rings. The summed E-state index contributed by atoms with van der Waals surface area (Å²) >= 11 is 0. The van der Waals surface area contributed by atoms with Gasteiger partial charge in [-0.1, -0.05) is 84.9 Å². The van der Waals surface area contributed by atoms with E-state index in [-0.39, 0.29) is 23.8 Å². The van der Waals surface area contributed by atoms with Crippen molar-refractivity contribution in [3.8, 4) is 5.75 Å². The Labute approximate surface area is 318 Å². The number of piperidine rings is 1. The summed E-state index contributed by atoms with van der Waals surface area (Å²) in [5.41, 5.74) is 3.83. The smallest absolute Gasteiger partial charge is 0.407 e. The Morgan fingerprint density at radius 2 is 1.50 bits per heavy atom. The van der Waals surface area contributed by atoms with Crippen molar-refractivity contribution in [1.29, 1.82) is 0 Å². The fourth-order valence-corrected chi connectivity index (χ4v) is 6.86. The molecule has 1 atom stereocenters. The van der Waals surface area contributed by atoms with Gasteiger partial charge in [-0.15, -0.1) is 0 Å². The monoisotopic (exact) mass is 729 g/mol. The number of nitrogens with zero attached hydrogens (tertiary/aromatic N) is 2. The van der Waals surface area contributed by atoms with Gasteiger partial charge in [-0.2, -0.15) is 0 Å². The minimum atomic E-state index is -0.578. The SMILES string of the molecule is CC(C)(C)OC(=O)NC1CC(/C=N/C(=O)c2ccc(COc3cccc(C(C(=O)OCC4CCN(Cc5ccccc5)CC4)c4ccccc4)c3)cc2)C1. The van der Waals surface area contributed by atoms with Gasteiger partial charge in [0.05, 0.1) is 6.61 Å². The number of rotatable bonds is 13. The number of aliphatic imine (C=N–C) groups is 1. The minimum absolute atomic E-state index is 0.0220. The van der Waals surface area contributed by atoms with Crippen LogP contribution in [-0.2, 0) is 27.4 Å². The summed E-state index contributed by atoms with van der Waals surface area (Å²) in [6.07, 6.45) is 4.68. The lowest BCUT2D eigenvalue weighted by Crippen LogP contribution is -2.46. The first-order valence-electron chi connectivity index (χ1n) is 19.0. The highest BCUT2D eigenvalue weighted by Gasteiger charge is 2.31. The fraction of sp³-hybridized carbons (Fsp3) is 0.378. The zero-order valence-corrected chi connectivity index (χ0v) is 31.5. The molecule has 1 unspecified atom stereocenters. The number of esters is 1. The van der Waals surface area contributed by atoms with Crippen molar-refractivity contribution in [3.63, 3.8) is 0 Å². The Hall–Kier alpha value is -5.28. The number of benzene rings is 4. The van der Waals surface area contributed by atoms with Gasteiger partial charge in [-0.3, -0.25) is 14.5 Å². The number of ether oxygens (including phenoxy) is 3. The number of hydrogen-bond donors (Lipinski definition) is 1. The molecule has 0 bridgehead atoms. The van der Waals surface area contributed by atoms with Crippen LogP contribution in [0.3, 0.4) is 0 Å². The average molecular weight is 730 g/mol. The highest BCUT2D eigenvalue weighted by molar-refractivity contribution is 5.99. The van der Waals surface area contributed by atoms with E-state index in [1.165, 1.54) is 5.56 Å². The minimum Gasteiger partial charge on any atom is -0.489 e. The lowest BCUT2D eigenvalue weighted by atomic mass is 9.81. The molecule has 1 heterocycles. The van der Waals surface area contributed by atoms with Gasteiger partial charge in [0.1, 0.15) is 23.9 Å². The van der Waals surface area contributed by atoms with Crippen LogP contribution in [0.4, 0.5) is 4.79 Å². The number of carbonyl (C=O) groups excluding carboxylic acids is 3. The molecule has 1 aliphatic heterocycles. The quantitative estimate of drug-likeness (QED) is 0.109. The molecular weight excluding hydrogens is 679 g/mol. The number of likely N-dealkylation sites (tertiary alicyclic amines) is 1. The molecule has 9 heteroatoms. The van der Waals surface area contributed by atoms with Gasteiger partial charge in [-0.05, 0) is 118 Å². The zero-order valence-electron chi connectivity index (χ0n) is 31.5. The molecule has 0 aromatic heterocycles. The van der Waals surface area contributed by atoms with Crippen LogP contribution >= 0.6 is 0 Å². The third-order valence-electron chi connectivity index (χ3n) is 9.88. The van der Waals surface area contributed by atoms with Crippen LogP contribution in [0.2, 0.25) is 0 Å². The molecule has 0 spiro atoms. The van der Waals surface area contributed by atoms with Crippen LogP contribution in [-0.4, -0.2) is 60.4 Å². The van der Waals surface area contributed by atoms with Crippen molar-refractivity contribution in [2.24, 2.45) is 16.8 Å². The molecule has 1 aliphatic carbocycles. The Morgan fingerprint density at radius 1 is 0.833 bits per heavy atom. The van der Waals surface area contributed by atoms with Crippen LogP contribution < -0.4 is 10.1 Å². The van der Waals surface area contributed by atoms with E-state index in [4.69, 9.17) is 14.2 Å². The molecule has 1 saturated heterocycles. The molecule has 4 aromatic rings. The van der Waals surface area contributed by atoms with Gasteiger partial charge in [-0.25, -0.2) is 9.79 Å². The maximum atomic E-state index is 13.7. The lowest BCUT2D eigenvalue weighted by molar-refractivity contribution is -0.146. The van der Waals surface area contributed by atoms with Gasteiger partial charge < -0.3 is 19.5 Å². The first kappa shape index (κ1) is 38.4. The van der Waals surface area contributed by atoms with E-state index in [0.717, 1.165) is 62.0 Å². The molecule has 2 fully saturated rings. The molecule has 6 rings (SSSR count). The highest BCUT2D eigenvalue weighted by atomic mass is 16.6. The van der Waals surface area contributed by atoms with Crippen LogP contribution in [0.5, 0.6) is 5.75 Å². The number of hydrogen-bond acceptors (Lipinski definition) is 7. The van der Waals surface area contributed by atoms with Gasteiger partial charge in [0.2, 0.25) is 0 Å². The summed E-state index contributed by atoms with van der Waals surface area (Å²) < 4.78 is 17.5. The van der Waals surface area contributed by atoms with E-state index in [1.54, 1.807) is 18.3 Å². The van der Waals surface area contributed by atoms with Crippen molar-refractivity contribution >= 4 is 24.2 Å². The lowest BCUT2D eigenvalue weighted by Gasteiger charge is -2.33. The van der Waals surface area contributed by atoms with E-state index >= 15 is 0 Å². The van der Waals surface area contributed by atoms with Crippen LogP contribution in [0.15, 0.2) is 114 Å². The van der Waals surface area contributed by atoms with Crippen LogP contribution in [0.1, 0.15) is 85.0 Å². The number of alkyl carbamates (subject to hydrolysis) is 1. The van der Waals surface area contributed by atoms with Crippen molar-refractivity contribution < 1.29 is 28.6 Å². The number of carbonyl (C=O) groups is 3. The largest absolute Gasteiger partial charge is 0.489 e. The summed E-state index contributed by atoms with van der Waals surface area (Å²) in [4.78, 5) is 45.0. The molecule has 9 nitrogen and oxygen atoms in total. The van der Waals surface area contributed by atoms with E-state index in [9.17, 15) is 14.4 Å². The first-order valence-corrected chi connectivity index (χ1v) is 19.0. The molecule has 4 aromatic carbocycles. The van der Waals surface area contributed by atoms with Gasteiger partial charge in [0, 0.05) is 24.4 Å². The third kappa shape index (κ3) is 11.4. The summed E-state index contributed by atoms with van der Waals surface area (Å²) in [5, 5.41) is 2.85. The molecule has 54 heavy (non-hydrogen) atoms. The Morgan fingerprint density at radius 3 is 2.19 bits per heavy atom. The maximum Gasteiger partial charge on any atom is 0.407 e. The van der Waals surface area contributed by atoms with Crippen molar-refractivity contribution in [3.05, 3.63) is 137 Å². The molecular formula is C45H51N3O6. The Kier molecular flexibility index (Phi) is 12.9. The Bertz CT molecular complexity index is 1860. The topological polar surface area (TPSA) is 107 Å². The van der Waals surface area contributed by atoms with Crippen LogP contribution in [0, 0.1) is 11.8 Å². The predicted octanol–water partition coefficient (Wildman–Crippen LogP) is 8.37. The van der Waals surface area contributed by atoms with E-state index < -0.39 is 17.6 Å². The van der Waals surface area contributed by atoms with Gasteiger partial charge in [0.25, 0.3) is 5.91 Å². The molecule has 1 N–H and O–H groups in total. The molecule has 1 saturated carbocycles. The van der Waals surface area contributed by atoms with E-state index in [1.807, 2.05) is 93.6 Å². The fourth-order valence-electron chi connectivity index (χ4n) is 6.86. The van der Waals surface area contributed by atoms with Crippen molar-refractivity contribution in [2.75, 3.05) is 19.7 Å². The first-order chi connectivity index (χ1) is 26.1. The number of nitrogens with one attached hydrogen (secondary N) is 1. The summed E-state index contributed by atoms with van der Waals surface area (Å²) in [6.45, 7) is 9.11. The zero-order chi connectivity index (χ0) is 37.9. The second-order valence-corrected chi connectivity index (χ2v) is 15.4. The highest BCUT2D eigenvalue weighted by Crippen LogP contribution is 2.30. The van der Waals surface area contributed by atoms with Crippen molar-refractivity contribution in [1.82, 2.24) is 10.2 Å². The maximum absolute atomic E-state index is 13.7. The van der Waals surface area contributed by atoms with Crippen molar-refractivity contribution in [2.45, 2.75) is 77.2 Å². The second-order valence-electron chi connectivity index (χ2n) is 15.4. The predicted molar refractivity (Wildman–Crippen MR) is 210 cm³/mol. The normalized spacial score (nSPS) is 18.4. The van der Waals surface area contributed by atoms with E-state index in [0.29, 0.717) is 30.4 Å². The van der Waals surface area contributed by atoms with Gasteiger partial charge in [0.15, 0.2) is 0 Å². The third-order valence-corrected chi connectivity index (χ3v) is 9.88. The Balaban J connectivity index is 0.984. The van der Waals surface area contributed by atoms with E-state index in [2.05, 4.69) is 39.5 Å². The molecule has 0 radical (unpaired) electrons. The average Bonchev–Trinajstić information content (AvgIpc) is 3.15. The number of amides is 2. The molecule has 282 valence electrons. The summed E-state index contributed by atoms with van der Waals surface area (Å²) in [7, 11) is 0. The molecule has 2 amide bonds.